The number of fused-ring (bicyclic) bond motifs is 1. The maximum absolute atomic E-state index is 12.8. The first kappa shape index (κ1) is 18.2. The zero-order valence-electron chi connectivity index (χ0n) is 11.9. The maximum atomic E-state index is 12.8. The van der Waals surface area contributed by atoms with Crippen LogP contribution in [0.2, 0.25) is 0 Å². The summed E-state index contributed by atoms with van der Waals surface area (Å²) >= 11 is 17.0. The van der Waals surface area contributed by atoms with Crippen molar-refractivity contribution in [1.29, 1.82) is 0 Å². The van der Waals surface area contributed by atoms with Crippen molar-refractivity contribution in [2.75, 3.05) is 20.8 Å². The molecule has 1 aliphatic heterocycles. The number of ketones is 1. The van der Waals surface area contributed by atoms with Crippen molar-refractivity contribution in [3.05, 3.63) is 11.6 Å². The van der Waals surface area contributed by atoms with Gasteiger partial charge < -0.3 is 13.9 Å². The second-order valence-electron chi connectivity index (χ2n) is 5.08. The first-order valence-corrected chi connectivity index (χ1v) is 9.19. The van der Waals surface area contributed by atoms with E-state index >= 15 is 0 Å². The predicted octanol–water partition coefficient (Wildman–Crippen LogP) is 2.92. The fraction of sp³-hybridized carbons (Fsp3) is 0.667. The van der Waals surface area contributed by atoms with E-state index in [1.54, 1.807) is 6.08 Å². The minimum atomic E-state index is -3.67. The van der Waals surface area contributed by atoms with E-state index in [0.717, 1.165) is 0 Å². The summed E-state index contributed by atoms with van der Waals surface area (Å²) in [4.78, 5) is 25.2. The van der Waals surface area contributed by atoms with Crippen LogP contribution in [0.15, 0.2) is 11.6 Å². The highest BCUT2D eigenvalue weighted by Gasteiger charge is 2.54. The maximum Gasteiger partial charge on any atom is 0.356 e. The number of allylic oxidation sites excluding steroid dienone is 1. The number of rotatable bonds is 3. The molecule has 6 nitrogen and oxygen atoms in total. The van der Waals surface area contributed by atoms with Gasteiger partial charge in [-0.2, -0.15) is 0 Å². The molecule has 0 unspecified atom stereocenters. The molecule has 0 spiro atoms. The monoisotopic (exact) mass is 389 g/mol. The molecule has 1 heterocycles. The number of carbonyl (C=O) groups is 2. The first-order valence-electron chi connectivity index (χ1n) is 6.44. The predicted molar refractivity (Wildman–Crippen MR) is 83.2 cm³/mol. The number of Topliss-reactive ketones (excluding diaryl/α,β-unsaturated/α-hetero) is 1. The Morgan fingerprint density at radius 3 is 2.45 bits per heavy atom. The van der Waals surface area contributed by atoms with Crippen molar-refractivity contribution in [2.24, 2.45) is 5.92 Å². The SMILES string of the molecule is COP(=O)(OC)[C@H]1C2=CCC(=O)C[C@H]2CN1C(=O)C(Cl)(Cl)Cl. The average molecular weight is 391 g/mol. The van der Waals surface area contributed by atoms with Gasteiger partial charge in [-0.3, -0.25) is 14.2 Å². The number of carbonyl (C=O) groups excluding carboxylic acids is 2. The van der Waals surface area contributed by atoms with Gasteiger partial charge in [0.05, 0.1) is 0 Å². The first-order chi connectivity index (χ1) is 10.1. The van der Waals surface area contributed by atoms with Crippen LogP contribution in [0.1, 0.15) is 12.8 Å². The van der Waals surface area contributed by atoms with Gasteiger partial charge in [-0.15, -0.1) is 0 Å². The number of amides is 1. The van der Waals surface area contributed by atoms with Gasteiger partial charge in [0.1, 0.15) is 5.78 Å². The topological polar surface area (TPSA) is 72.9 Å². The van der Waals surface area contributed by atoms with E-state index in [4.69, 9.17) is 43.9 Å². The molecule has 124 valence electrons. The third-order valence-corrected chi connectivity index (χ3v) is 6.51. The van der Waals surface area contributed by atoms with Crippen molar-refractivity contribution in [3.8, 4) is 0 Å². The van der Waals surface area contributed by atoms with Crippen molar-refractivity contribution >= 4 is 54.1 Å². The molecule has 10 heteroatoms. The number of alkyl halides is 3. The smallest absolute Gasteiger partial charge is 0.320 e. The van der Waals surface area contributed by atoms with Crippen LogP contribution in [-0.2, 0) is 23.2 Å². The Balaban J connectivity index is 2.48. The van der Waals surface area contributed by atoms with Gasteiger partial charge in [0.25, 0.3) is 9.70 Å². The summed E-state index contributed by atoms with van der Waals surface area (Å²) in [6, 6.07) is 0. The van der Waals surface area contributed by atoms with Crippen LogP contribution in [0.25, 0.3) is 0 Å². The summed E-state index contributed by atoms with van der Waals surface area (Å²) in [5.74, 6) is -2.02. The van der Waals surface area contributed by atoms with Crippen molar-refractivity contribution in [2.45, 2.75) is 22.4 Å². The molecule has 0 saturated carbocycles. The molecular weight excluding hydrogens is 375 g/mol. The van der Waals surface area contributed by atoms with Gasteiger partial charge in [-0.1, -0.05) is 40.9 Å². The Bertz CT molecular complexity index is 566. The molecule has 2 rings (SSSR count). The Morgan fingerprint density at radius 2 is 1.95 bits per heavy atom. The molecule has 0 aromatic rings. The molecular formula is C12H15Cl3NO5P. The lowest BCUT2D eigenvalue weighted by atomic mass is 9.89. The molecule has 22 heavy (non-hydrogen) atoms. The lowest BCUT2D eigenvalue weighted by Crippen LogP contribution is -2.43. The Labute approximate surface area is 143 Å². The molecule has 0 bridgehead atoms. The van der Waals surface area contributed by atoms with E-state index in [9.17, 15) is 14.2 Å². The lowest BCUT2D eigenvalue weighted by molar-refractivity contribution is -0.130. The second-order valence-corrected chi connectivity index (χ2v) is 9.66. The molecule has 0 aromatic carbocycles. The molecule has 0 aromatic heterocycles. The van der Waals surface area contributed by atoms with Crippen LogP contribution in [0.5, 0.6) is 0 Å². The number of likely N-dealkylation sites (tertiary alicyclic amines) is 1. The number of halogens is 3. The van der Waals surface area contributed by atoms with Gasteiger partial charge in [0.2, 0.25) is 0 Å². The summed E-state index contributed by atoms with van der Waals surface area (Å²) in [6.07, 6.45) is 2.13. The largest absolute Gasteiger partial charge is 0.356 e. The molecule has 1 amide bonds. The molecule has 1 aliphatic carbocycles. The highest BCUT2D eigenvalue weighted by molar-refractivity contribution is 7.54. The van der Waals surface area contributed by atoms with Crippen LogP contribution in [-0.4, -0.2) is 46.9 Å². The highest BCUT2D eigenvalue weighted by Crippen LogP contribution is 2.60. The standard InChI is InChI=1S/C12H15Cl3NO5P/c1-20-22(19,21-2)10-9-4-3-8(17)5-7(9)6-16(10)11(18)12(13,14)15/h4,7,10H,3,5-6H2,1-2H3/t7-,10-/m0/s1. The summed E-state index contributed by atoms with van der Waals surface area (Å²) in [7, 11) is -1.22. The quantitative estimate of drug-likeness (QED) is 0.421. The number of hydrogen-bond acceptors (Lipinski definition) is 5. The molecule has 0 radical (unpaired) electrons. The molecule has 1 saturated heterocycles. The molecule has 2 aliphatic rings. The summed E-state index contributed by atoms with van der Waals surface area (Å²) in [5.41, 5.74) is 0.661. The number of nitrogens with zero attached hydrogens (tertiary/aromatic N) is 1. The fourth-order valence-corrected chi connectivity index (χ4v) is 4.96. The minimum absolute atomic E-state index is 0.0420. The molecule has 2 atom stereocenters. The summed E-state index contributed by atoms with van der Waals surface area (Å²) < 4.78 is 20.7. The third-order valence-electron chi connectivity index (χ3n) is 3.83. The second kappa shape index (κ2) is 6.42. The summed E-state index contributed by atoms with van der Waals surface area (Å²) in [5, 5.41) is 0. The zero-order chi connectivity index (χ0) is 16.7. The Kier molecular flexibility index (Phi) is 5.32. The lowest BCUT2D eigenvalue weighted by Gasteiger charge is -2.31. The van der Waals surface area contributed by atoms with E-state index in [0.29, 0.717) is 5.57 Å². The Hall–Kier alpha value is -0.100. The van der Waals surface area contributed by atoms with Crippen LogP contribution in [0.4, 0.5) is 0 Å². The molecule has 1 fully saturated rings. The highest BCUT2D eigenvalue weighted by atomic mass is 35.6. The zero-order valence-corrected chi connectivity index (χ0v) is 15.1. The van der Waals surface area contributed by atoms with Crippen molar-refractivity contribution in [3.63, 3.8) is 0 Å². The van der Waals surface area contributed by atoms with Gasteiger partial charge in [-0.05, 0) is 5.57 Å². The summed E-state index contributed by atoms with van der Waals surface area (Å²) in [6.45, 7) is 0.131. The van der Waals surface area contributed by atoms with Gasteiger partial charge in [0, 0.05) is 39.5 Å². The van der Waals surface area contributed by atoms with Crippen molar-refractivity contribution < 1.29 is 23.2 Å². The van der Waals surface area contributed by atoms with Crippen molar-refractivity contribution in [1.82, 2.24) is 4.90 Å². The normalized spacial score (nSPS) is 26.0. The minimum Gasteiger partial charge on any atom is -0.320 e. The van der Waals surface area contributed by atoms with Gasteiger partial charge in [-0.25, -0.2) is 0 Å². The van der Waals surface area contributed by atoms with Crippen LogP contribution < -0.4 is 0 Å². The average Bonchev–Trinajstić information content (AvgIpc) is 2.83. The number of hydrogen-bond donors (Lipinski definition) is 0. The Morgan fingerprint density at radius 1 is 1.36 bits per heavy atom. The van der Waals surface area contributed by atoms with E-state index in [2.05, 4.69) is 0 Å². The van der Waals surface area contributed by atoms with E-state index < -0.39 is 23.1 Å². The fourth-order valence-electron chi connectivity index (χ4n) is 2.86. The third kappa shape index (κ3) is 3.23. The van der Waals surface area contributed by atoms with Crippen LogP contribution in [0.3, 0.4) is 0 Å². The van der Waals surface area contributed by atoms with Crippen LogP contribution in [0, 0.1) is 5.92 Å². The van der Waals surface area contributed by atoms with Gasteiger partial charge in [0.15, 0.2) is 5.78 Å². The van der Waals surface area contributed by atoms with E-state index in [1.165, 1.54) is 19.1 Å². The van der Waals surface area contributed by atoms with E-state index in [1.807, 2.05) is 0 Å². The van der Waals surface area contributed by atoms with Crippen LogP contribution >= 0.6 is 42.4 Å². The van der Waals surface area contributed by atoms with E-state index in [-0.39, 0.29) is 31.1 Å². The molecule has 0 N–H and O–H groups in total. The van der Waals surface area contributed by atoms with Gasteiger partial charge >= 0.3 is 7.60 Å².